The Morgan fingerprint density at radius 2 is 2.36 bits per heavy atom. The molecule has 3 nitrogen and oxygen atoms in total. The van der Waals surface area contributed by atoms with Crippen molar-refractivity contribution < 1.29 is 0 Å². The summed E-state index contributed by atoms with van der Waals surface area (Å²) in [6.45, 7) is 5.19. The van der Waals surface area contributed by atoms with E-state index >= 15 is 0 Å². The van der Waals surface area contributed by atoms with Gasteiger partial charge in [0.1, 0.15) is 0 Å². The normalized spacial score (nSPS) is 20.4. The first kappa shape index (κ1) is 9.71. The van der Waals surface area contributed by atoms with Crippen LogP contribution in [0.1, 0.15) is 55.5 Å². The minimum Gasteiger partial charge on any atom is -0.330 e. The van der Waals surface area contributed by atoms with Gasteiger partial charge in [0.25, 0.3) is 0 Å². The van der Waals surface area contributed by atoms with Crippen molar-refractivity contribution in [2.45, 2.75) is 44.9 Å². The average Bonchev–Trinajstić information content (AvgIpc) is 2.67. The topological polar surface area (TPSA) is 54.7 Å². The first-order valence-corrected chi connectivity index (χ1v) is 5.51. The number of H-pyrrole nitrogens is 1. The molecule has 0 aromatic carbocycles. The van der Waals surface area contributed by atoms with Gasteiger partial charge in [-0.2, -0.15) is 5.10 Å². The van der Waals surface area contributed by atoms with E-state index in [4.69, 9.17) is 5.73 Å². The molecule has 1 atom stereocenters. The quantitative estimate of drug-likeness (QED) is 0.770. The fraction of sp³-hybridized carbons (Fsp3) is 0.727. The number of nitrogens with zero attached hydrogens (tertiary/aromatic N) is 1. The molecule has 0 saturated heterocycles. The number of aromatic nitrogens is 2. The van der Waals surface area contributed by atoms with Gasteiger partial charge in [0.05, 0.1) is 5.69 Å². The van der Waals surface area contributed by atoms with Crippen molar-refractivity contribution in [3.05, 3.63) is 17.0 Å². The molecule has 0 radical (unpaired) electrons. The minimum absolute atomic E-state index is 0.522. The Hall–Kier alpha value is -0.830. The highest BCUT2D eigenvalue weighted by Crippen LogP contribution is 2.38. The van der Waals surface area contributed by atoms with E-state index in [0.29, 0.717) is 11.8 Å². The first-order valence-electron chi connectivity index (χ1n) is 5.51. The van der Waals surface area contributed by atoms with Gasteiger partial charge in [0.15, 0.2) is 0 Å². The van der Waals surface area contributed by atoms with Crippen molar-refractivity contribution in [1.29, 1.82) is 0 Å². The molecule has 1 aromatic heterocycles. The second-order valence-electron chi connectivity index (χ2n) is 4.47. The summed E-state index contributed by atoms with van der Waals surface area (Å²) in [6.07, 6.45) is 3.51. The zero-order valence-electron chi connectivity index (χ0n) is 9.01. The number of hydrogen-bond acceptors (Lipinski definition) is 2. The molecule has 3 heteroatoms. The third kappa shape index (κ3) is 1.46. The van der Waals surface area contributed by atoms with Gasteiger partial charge < -0.3 is 5.73 Å². The predicted octanol–water partition coefficient (Wildman–Crippen LogP) is 1.91. The van der Waals surface area contributed by atoms with Crippen LogP contribution in [0.4, 0.5) is 0 Å². The summed E-state index contributed by atoms with van der Waals surface area (Å²) in [5, 5.41) is 7.57. The third-order valence-corrected chi connectivity index (χ3v) is 3.13. The molecule has 0 fully saturated rings. The van der Waals surface area contributed by atoms with E-state index in [1.165, 1.54) is 23.4 Å². The number of fused-ring (bicyclic) bond motifs is 1. The number of nitrogens with one attached hydrogen (secondary N) is 1. The van der Waals surface area contributed by atoms with Crippen LogP contribution in [0.3, 0.4) is 0 Å². The number of aryl methyl sites for hydroxylation is 1. The second kappa shape index (κ2) is 3.73. The Morgan fingerprint density at radius 3 is 3.00 bits per heavy atom. The molecule has 1 heterocycles. The number of hydrogen-bond donors (Lipinski definition) is 2. The zero-order valence-corrected chi connectivity index (χ0v) is 9.01. The molecule has 0 aliphatic heterocycles. The van der Waals surface area contributed by atoms with Gasteiger partial charge in [-0.15, -0.1) is 0 Å². The lowest BCUT2D eigenvalue weighted by Crippen LogP contribution is -2.06. The molecular formula is C11H19N3. The van der Waals surface area contributed by atoms with E-state index in [0.717, 1.165) is 19.4 Å². The van der Waals surface area contributed by atoms with Gasteiger partial charge in [0.2, 0.25) is 0 Å². The van der Waals surface area contributed by atoms with E-state index < -0.39 is 0 Å². The minimum atomic E-state index is 0.522. The van der Waals surface area contributed by atoms with E-state index in [2.05, 4.69) is 24.0 Å². The monoisotopic (exact) mass is 193 g/mol. The SMILES string of the molecule is CC(C)c1n[nH]c2c1C(CCN)CC2. The highest BCUT2D eigenvalue weighted by Gasteiger charge is 2.28. The van der Waals surface area contributed by atoms with Crippen molar-refractivity contribution >= 4 is 0 Å². The molecule has 3 N–H and O–H groups in total. The van der Waals surface area contributed by atoms with Crippen molar-refractivity contribution in [3.63, 3.8) is 0 Å². The van der Waals surface area contributed by atoms with Crippen LogP contribution >= 0.6 is 0 Å². The van der Waals surface area contributed by atoms with Crippen LogP contribution in [-0.2, 0) is 6.42 Å². The lowest BCUT2D eigenvalue weighted by atomic mass is 9.94. The van der Waals surface area contributed by atoms with Crippen LogP contribution in [-0.4, -0.2) is 16.7 Å². The molecule has 1 aliphatic carbocycles. The van der Waals surface area contributed by atoms with Gasteiger partial charge in [-0.25, -0.2) is 0 Å². The van der Waals surface area contributed by atoms with Gasteiger partial charge in [0, 0.05) is 5.69 Å². The molecule has 78 valence electrons. The van der Waals surface area contributed by atoms with Crippen molar-refractivity contribution in [2.75, 3.05) is 6.54 Å². The second-order valence-corrected chi connectivity index (χ2v) is 4.47. The van der Waals surface area contributed by atoms with Crippen molar-refractivity contribution in [2.24, 2.45) is 5.73 Å². The van der Waals surface area contributed by atoms with Crippen LogP contribution in [0, 0.1) is 0 Å². The highest BCUT2D eigenvalue weighted by atomic mass is 15.1. The standard InChI is InChI=1S/C11H19N3/c1-7(2)11-10-8(5-6-12)3-4-9(10)13-14-11/h7-8H,3-6,12H2,1-2H3,(H,13,14). The fourth-order valence-corrected chi connectivity index (χ4v) is 2.44. The van der Waals surface area contributed by atoms with Crippen LogP contribution in [0.15, 0.2) is 0 Å². The molecule has 0 saturated carbocycles. The number of nitrogens with two attached hydrogens (primary N) is 1. The Labute approximate surface area is 85.1 Å². The van der Waals surface area contributed by atoms with E-state index in [-0.39, 0.29) is 0 Å². The molecule has 1 unspecified atom stereocenters. The fourth-order valence-electron chi connectivity index (χ4n) is 2.44. The first-order chi connectivity index (χ1) is 6.74. The third-order valence-electron chi connectivity index (χ3n) is 3.13. The molecule has 14 heavy (non-hydrogen) atoms. The molecule has 0 amide bonds. The number of aromatic amines is 1. The molecule has 0 spiro atoms. The lowest BCUT2D eigenvalue weighted by molar-refractivity contribution is 0.610. The van der Waals surface area contributed by atoms with Crippen LogP contribution in [0.2, 0.25) is 0 Å². The van der Waals surface area contributed by atoms with Crippen molar-refractivity contribution in [1.82, 2.24) is 10.2 Å². The zero-order chi connectivity index (χ0) is 10.1. The molecule has 2 rings (SSSR count). The Morgan fingerprint density at radius 1 is 1.57 bits per heavy atom. The Bertz CT molecular complexity index is 314. The number of rotatable bonds is 3. The summed E-state index contributed by atoms with van der Waals surface area (Å²) in [7, 11) is 0. The van der Waals surface area contributed by atoms with Crippen LogP contribution < -0.4 is 5.73 Å². The molecular weight excluding hydrogens is 174 g/mol. The van der Waals surface area contributed by atoms with E-state index in [1.807, 2.05) is 0 Å². The van der Waals surface area contributed by atoms with Crippen LogP contribution in [0.5, 0.6) is 0 Å². The van der Waals surface area contributed by atoms with Gasteiger partial charge in [-0.1, -0.05) is 13.8 Å². The smallest absolute Gasteiger partial charge is 0.0685 e. The summed E-state index contributed by atoms with van der Waals surface area (Å²) in [6, 6.07) is 0. The average molecular weight is 193 g/mol. The Balaban J connectivity index is 2.30. The molecule has 1 aliphatic rings. The summed E-state index contributed by atoms with van der Waals surface area (Å²) in [5.41, 5.74) is 9.72. The largest absolute Gasteiger partial charge is 0.330 e. The van der Waals surface area contributed by atoms with E-state index in [1.54, 1.807) is 0 Å². The maximum absolute atomic E-state index is 5.63. The predicted molar refractivity (Wildman–Crippen MR) is 57.4 cm³/mol. The van der Waals surface area contributed by atoms with Crippen molar-refractivity contribution in [3.8, 4) is 0 Å². The summed E-state index contributed by atoms with van der Waals surface area (Å²) >= 11 is 0. The van der Waals surface area contributed by atoms with Gasteiger partial charge >= 0.3 is 0 Å². The molecule has 1 aromatic rings. The Kier molecular flexibility index (Phi) is 2.59. The van der Waals surface area contributed by atoms with Gasteiger partial charge in [-0.3, -0.25) is 5.10 Å². The maximum Gasteiger partial charge on any atom is 0.0685 e. The summed E-state index contributed by atoms with van der Waals surface area (Å²) < 4.78 is 0. The van der Waals surface area contributed by atoms with E-state index in [9.17, 15) is 0 Å². The summed E-state index contributed by atoms with van der Waals surface area (Å²) in [5.74, 6) is 1.18. The maximum atomic E-state index is 5.63. The lowest BCUT2D eigenvalue weighted by Gasteiger charge is -2.11. The summed E-state index contributed by atoms with van der Waals surface area (Å²) in [4.78, 5) is 0. The highest BCUT2D eigenvalue weighted by molar-refractivity contribution is 5.35. The molecule has 0 bridgehead atoms. The van der Waals surface area contributed by atoms with Crippen LogP contribution in [0.25, 0.3) is 0 Å². The van der Waals surface area contributed by atoms with Gasteiger partial charge in [-0.05, 0) is 43.2 Å².